The predicted octanol–water partition coefficient (Wildman–Crippen LogP) is 2.44. The zero-order valence-corrected chi connectivity index (χ0v) is 9.85. The summed E-state index contributed by atoms with van der Waals surface area (Å²) < 4.78 is 5.40. The van der Waals surface area contributed by atoms with E-state index in [0.717, 1.165) is 36.2 Å². The Morgan fingerprint density at radius 2 is 2.06 bits per heavy atom. The second kappa shape index (κ2) is 4.06. The fourth-order valence-corrected chi connectivity index (χ4v) is 4.98. The van der Waals surface area contributed by atoms with Crippen LogP contribution in [0.25, 0.3) is 0 Å². The second-order valence-corrected chi connectivity index (χ2v) is 5.92. The van der Waals surface area contributed by atoms with E-state index in [4.69, 9.17) is 4.74 Å². The molecule has 2 nitrogen and oxygen atoms in total. The molecule has 0 saturated heterocycles. The van der Waals surface area contributed by atoms with E-state index >= 15 is 0 Å². The van der Waals surface area contributed by atoms with Gasteiger partial charge in [0.1, 0.15) is 0 Å². The minimum atomic E-state index is 0.402. The van der Waals surface area contributed by atoms with Crippen LogP contribution in [0.4, 0.5) is 0 Å². The first-order valence-corrected chi connectivity index (χ1v) is 6.68. The molecule has 6 atom stereocenters. The Bertz CT molecular complexity index is 276. The normalized spacial score (nSPS) is 49.3. The smallest absolute Gasteiger partial charge is 0.0903 e. The highest BCUT2D eigenvalue weighted by molar-refractivity contribution is 5.05. The van der Waals surface area contributed by atoms with Gasteiger partial charge in [-0.1, -0.05) is 6.58 Å². The molecule has 0 aromatic rings. The van der Waals surface area contributed by atoms with E-state index in [0.29, 0.717) is 12.5 Å². The van der Waals surface area contributed by atoms with E-state index in [1.165, 1.54) is 25.7 Å². The van der Waals surface area contributed by atoms with Gasteiger partial charge < -0.3 is 9.84 Å². The summed E-state index contributed by atoms with van der Waals surface area (Å²) in [5, 5.41) is 9.42. The molecule has 3 aliphatic carbocycles. The third kappa shape index (κ3) is 1.42. The van der Waals surface area contributed by atoms with Gasteiger partial charge in [-0.05, 0) is 61.2 Å². The van der Waals surface area contributed by atoms with Gasteiger partial charge >= 0.3 is 0 Å². The summed E-state index contributed by atoms with van der Waals surface area (Å²) in [4.78, 5) is 0. The monoisotopic (exact) mass is 222 g/mol. The quantitative estimate of drug-likeness (QED) is 0.740. The molecule has 90 valence electrons. The molecular formula is C14H22O2. The van der Waals surface area contributed by atoms with Gasteiger partial charge in [-0.3, -0.25) is 0 Å². The molecule has 3 fully saturated rings. The fourth-order valence-electron chi connectivity index (χ4n) is 4.98. The highest BCUT2D eigenvalue weighted by Crippen LogP contribution is 2.62. The van der Waals surface area contributed by atoms with Crippen molar-refractivity contribution in [2.45, 2.75) is 25.7 Å². The van der Waals surface area contributed by atoms with Crippen molar-refractivity contribution in [1.82, 2.24) is 0 Å². The summed E-state index contributed by atoms with van der Waals surface area (Å²) >= 11 is 0. The minimum absolute atomic E-state index is 0.402. The van der Waals surface area contributed by atoms with E-state index in [-0.39, 0.29) is 0 Å². The van der Waals surface area contributed by atoms with E-state index in [1.807, 2.05) is 0 Å². The number of aliphatic hydroxyl groups is 1. The van der Waals surface area contributed by atoms with Crippen molar-refractivity contribution in [3.05, 3.63) is 12.8 Å². The molecule has 2 heteroatoms. The first kappa shape index (κ1) is 10.6. The maximum atomic E-state index is 9.42. The largest absolute Gasteiger partial charge is 0.502 e. The van der Waals surface area contributed by atoms with Crippen molar-refractivity contribution < 1.29 is 9.84 Å². The Kier molecular flexibility index (Phi) is 2.70. The number of hydrogen-bond acceptors (Lipinski definition) is 2. The molecule has 3 aliphatic rings. The van der Waals surface area contributed by atoms with Crippen LogP contribution >= 0.6 is 0 Å². The second-order valence-electron chi connectivity index (χ2n) is 5.92. The number of ether oxygens (including phenoxy) is 1. The van der Waals surface area contributed by atoms with Gasteiger partial charge in [0.05, 0.1) is 12.9 Å². The molecule has 0 heterocycles. The van der Waals surface area contributed by atoms with Crippen LogP contribution in [0.15, 0.2) is 12.8 Å². The molecule has 6 unspecified atom stereocenters. The molecule has 0 aromatic heterocycles. The molecule has 0 aliphatic heterocycles. The third-order valence-corrected chi connectivity index (χ3v) is 5.46. The zero-order chi connectivity index (χ0) is 11.1. The average molecular weight is 222 g/mol. The molecule has 2 bridgehead atoms. The lowest BCUT2D eigenvalue weighted by Gasteiger charge is -2.33. The lowest BCUT2D eigenvalue weighted by atomic mass is 9.73. The summed E-state index contributed by atoms with van der Waals surface area (Å²) in [6, 6.07) is 0. The molecule has 0 amide bonds. The van der Waals surface area contributed by atoms with Crippen molar-refractivity contribution >= 4 is 0 Å². The summed E-state index contributed by atoms with van der Waals surface area (Å²) in [7, 11) is 0. The zero-order valence-electron chi connectivity index (χ0n) is 9.85. The maximum Gasteiger partial charge on any atom is 0.0903 e. The van der Waals surface area contributed by atoms with E-state index in [1.54, 1.807) is 6.26 Å². The number of fused-ring (bicyclic) bond motifs is 5. The van der Waals surface area contributed by atoms with Crippen molar-refractivity contribution in [3.8, 4) is 0 Å². The van der Waals surface area contributed by atoms with Crippen LogP contribution in [0.2, 0.25) is 0 Å². The number of aliphatic hydroxyl groups excluding tert-OH is 1. The summed E-state index contributed by atoms with van der Waals surface area (Å²) in [6.07, 6.45) is 6.97. The minimum Gasteiger partial charge on any atom is -0.502 e. The predicted molar refractivity (Wildman–Crippen MR) is 62.6 cm³/mol. The molecular weight excluding hydrogens is 200 g/mol. The Labute approximate surface area is 97.7 Å². The lowest BCUT2D eigenvalue weighted by Crippen LogP contribution is -2.31. The van der Waals surface area contributed by atoms with Crippen molar-refractivity contribution in [1.29, 1.82) is 0 Å². The molecule has 3 rings (SSSR count). The fraction of sp³-hybridized carbons (Fsp3) is 0.857. The van der Waals surface area contributed by atoms with Crippen LogP contribution in [0.5, 0.6) is 0 Å². The number of rotatable bonds is 4. The van der Waals surface area contributed by atoms with E-state index in [2.05, 4.69) is 6.58 Å². The first-order valence-electron chi connectivity index (χ1n) is 6.68. The van der Waals surface area contributed by atoms with E-state index < -0.39 is 0 Å². The Morgan fingerprint density at radius 3 is 2.81 bits per heavy atom. The molecule has 0 spiro atoms. The highest BCUT2D eigenvalue weighted by atomic mass is 16.5. The van der Waals surface area contributed by atoms with Gasteiger partial charge in [-0.25, -0.2) is 0 Å². The molecule has 3 saturated carbocycles. The van der Waals surface area contributed by atoms with Crippen LogP contribution < -0.4 is 0 Å². The van der Waals surface area contributed by atoms with Gasteiger partial charge in [0, 0.05) is 6.61 Å². The van der Waals surface area contributed by atoms with Crippen LogP contribution in [-0.4, -0.2) is 18.3 Å². The van der Waals surface area contributed by atoms with Crippen LogP contribution in [0.1, 0.15) is 25.7 Å². The highest BCUT2D eigenvalue weighted by Gasteiger charge is 2.56. The first-order chi connectivity index (χ1) is 7.85. The van der Waals surface area contributed by atoms with Crippen molar-refractivity contribution in [2.24, 2.45) is 35.5 Å². The summed E-state index contributed by atoms with van der Waals surface area (Å²) in [5.41, 5.74) is 0. The van der Waals surface area contributed by atoms with Gasteiger partial charge in [0.15, 0.2) is 0 Å². The molecule has 16 heavy (non-hydrogen) atoms. The Hall–Kier alpha value is -0.500. The van der Waals surface area contributed by atoms with Gasteiger partial charge in [0.25, 0.3) is 0 Å². The standard InChI is InChI=1S/C14H22O2/c1-2-16-8-9-3-4-12-10-5-11(7-15)13(6-10)14(9)12/h2,9-15H,1,3-8H2. The summed E-state index contributed by atoms with van der Waals surface area (Å²) in [6.45, 7) is 4.88. The van der Waals surface area contributed by atoms with Gasteiger partial charge in [0.2, 0.25) is 0 Å². The average Bonchev–Trinajstić information content (AvgIpc) is 2.97. The third-order valence-electron chi connectivity index (χ3n) is 5.46. The topological polar surface area (TPSA) is 29.5 Å². The Morgan fingerprint density at radius 1 is 1.19 bits per heavy atom. The van der Waals surface area contributed by atoms with Crippen LogP contribution in [-0.2, 0) is 4.74 Å². The van der Waals surface area contributed by atoms with Crippen molar-refractivity contribution in [3.63, 3.8) is 0 Å². The number of hydrogen-bond donors (Lipinski definition) is 1. The maximum absolute atomic E-state index is 9.42. The molecule has 0 aromatic carbocycles. The SMILES string of the molecule is C=COCC1CCC2C3CC(CO)C(C3)C12. The molecule has 0 radical (unpaired) electrons. The molecule has 1 N–H and O–H groups in total. The van der Waals surface area contributed by atoms with Gasteiger partial charge in [-0.2, -0.15) is 0 Å². The summed E-state index contributed by atoms with van der Waals surface area (Å²) in [5.74, 6) is 4.83. The van der Waals surface area contributed by atoms with Crippen molar-refractivity contribution in [2.75, 3.05) is 13.2 Å². The lowest BCUT2D eigenvalue weighted by molar-refractivity contribution is 0.0750. The van der Waals surface area contributed by atoms with E-state index in [9.17, 15) is 5.11 Å². The van der Waals surface area contributed by atoms with Crippen LogP contribution in [0.3, 0.4) is 0 Å². The van der Waals surface area contributed by atoms with Crippen LogP contribution in [0, 0.1) is 35.5 Å². The Balaban J connectivity index is 1.71. The van der Waals surface area contributed by atoms with Gasteiger partial charge in [-0.15, -0.1) is 0 Å².